The summed E-state index contributed by atoms with van der Waals surface area (Å²) in [6.45, 7) is 10.4. The van der Waals surface area contributed by atoms with Gasteiger partial charge in [-0.05, 0) is 12.3 Å². The van der Waals surface area contributed by atoms with Crippen LogP contribution in [0.3, 0.4) is 0 Å². The molecule has 0 radical (unpaired) electrons. The number of carboxylic acids is 1. The minimum Gasteiger partial charge on any atom is -0.481 e. The minimum atomic E-state index is -0.665. The summed E-state index contributed by atoms with van der Waals surface area (Å²) in [6.07, 6.45) is 0.975. The predicted octanol–water partition coefficient (Wildman–Crippen LogP) is 1.61. The standard InChI is InChI=1S/C11H19NO2/c1-4-8(2)5-12-6-9(3)10(7-12)11(13)14/h9-10H,2,4-7H2,1,3H3,(H,13,14)/t9-,10-/m1/s1. The van der Waals surface area contributed by atoms with Crippen LogP contribution in [0.1, 0.15) is 20.3 Å². The summed E-state index contributed by atoms with van der Waals surface area (Å²) in [6, 6.07) is 0. The second kappa shape index (κ2) is 4.60. The normalized spacial score (nSPS) is 27.9. The van der Waals surface area contributed by atoms with Crippen molar-refractivity contribution < 1.29 is 9.90 Å². The smallest absolute Gasteiger partial charge is 0.308 e. The molecule has 0 bridgehead atoms. The Morgan fingerprint density at radius 2 is 2.21 bits per heavy atom. The van der Waals surface area contributed by atoms with E-state index in [1.54, 1.807) is 0 Å². The highest BCUT2D eigenvalue weighted by Crippen LogP contribution is 2.23. The van der Waals surface area contributed by atoms with Gasteiger partial charge in [0.05, 0.1) is 5.92 Å². The van der Waals surface area contributed by atoms with Gasteiger partial charge in [0.25, 0.3) is 0 Å². The maximum atomic E-state index is 10.9. The van der Waals surface area contributed by atoms with Crippen molar-refractivity contribution in [3.8, 4) is 0 Å². The van der Waals surface area contributed by atoms with E-state index in [-0.39, 0.29) is 11.8 Å². The van der Waals surface area contributed by atoms with Gasteiger partial charge in [0.2, 0.25) is 0 Å². The van der Waals surface area contributed by atoms with Crippen molar-refractivity contribution in [1.29, 1.82) is 0 Å². The van der Waals surface area contributed by atoms with E-state index in [1.165, 1.54) is 5.57 Å². The molecule has 1 rings (SSSR count). The monoisotopic (exact) mass is 197 g/mol. The fraction of sp³-hybridized carbons (Fsp3) is 0.727. The molecule has 0 aromatic carbocycles. The van der Waals surface area contributed by atoms with Gasteiger partial charge in [-0.15, -0.1) is 0 Å². The van der Waals surface area contributed by atoms with E-state index in [9.17, 15) is 4.79 Å². The Kier molecular flexibility index (Phi) is 3.69. The van der Waals surface area contributed by atoms with Crippen LogP contribution in [0.2, 0.25) is 0 Å². The second-order valence-corrected chi connectivity index (χ2v) is 4.22. The number of rotatable bonds is 4. The van der Waals surface area contributed by atoms with Crippen molar-refractivity contribution in [2.24, 2.45) is 11.8 Å². The Morgan fingerprint density at radius 1 is 1.57 bits per heavy atom. The van der Waals surface area contributed by atoms with Crippen molar-refractivity contribution in [2.75, 3.05) is 19.6 Å². The Balaban J connectivity index is 2.46. The number of nitrogens with zero attached hydrogens (tertiary/aromatic N) is 1. The SMILES string of the molecule is C=C(CC)CN1C[C@@H](C)[C@H](C(=O)O)C1. The maximum absolute atomic E-state index is 10.9. The molecule has 0 unspecified atom stereocenters. The quantitative estimate of drug-likeness (QED) is 0.696. The minimum absolute atomic E-state index is 0.195. The molecule has 0 amide bonds. The van der Waals surface area contributed by atoms with Crippen LogP contribution in [0.4, 0.5) is 0 Å². The molecule has 1 saturated heterocycles. The first-order chi connectivity index (χ1) is 6.54. The zero-order valence-electron chi connectivity index (χ0n) is 8.99. The average molecular weight is 197 g/mol. The van der Waals surface area contributed by atoms with E-state index >= 15 is 0 Å². The summed E-state index contributed by atoms with van der Waals surface area (Å²) >= 11 is 0. The summed E-state index contributed by atoms with van der Waals surface area (Å²) < 4.78 is 0. The van der Waals surface area contributed by atoms with Crippen molar-refractivity contribution in [1.82, 2.24) is 4.90 Å². The lowest BCUT2D eigenvalue weighted by molar-refractivity contribution is -0.142. The van der Waals surface area contributed by atoms with E-state index in [0.29, 0.717) is 6.54 Å². The fourth-order valence-electron chi connectivity index (χ4n) is 1.95. The molecular formula is C11H19NO2. The average Bonchev–Trinajstić information content (AvgIpc) is 2.46. The number of hydrogen-bond acceptors (Lipinski definition) is 2. The van der Waals surface area contributed by atoms with Gasteiger partial charge < -0.3 is 5.11 Å². The van der Waals surface area contributed by atoms with Crippen LogP contribution in [0.15, 0.2) is 12.2 Å². The van der Waals surface area contributed by atoms with Gasteiger partial charge in [0.1, 0.15) is 0 Å². The molecule has 14 heavy (non-hydrogen) atoms. The number of hydrogen-bond donors (Lipinski definition) is 1. The lowest BCUT2D eigenvalue weighted by atomic mass is 9.99. The maximum Gasteiger partial charge on any atom is 0.308 e. The Morgan fingerprint density at radius 3 is 2.64 bits per heavy atom. The van der Waals surface area contributed by atoms with Crippen LogP contribution in [0.25, 0.3) is 0 Å². The molecule has 3 heteroatoms. The van der Waals surface area contributed by atoms with Gasteiger partial charge in [-0.25, -0.2) is 0 Å². The molecule has 0 spiro atoms. The first kappa shape index (κ1) is 11.2. The third-order valence-corrected chi connectivity index (χ3v) is 2.95. The Bertz CT molecular complexity index is 237. The summed E-state index contributed by atoms with van der Waals surface area (Å²) in [7, 11) is 0. The Hall–Kier alpha value is -0.830. The number of aliphatic carboxylic acids is 1. The highest BCUT2D eigenvalue weighted by Gasteiger charge is 2.34. The second-order valence-electron chi connectivity index (χ2n) is 4.22. The zero-order valence-corrected chi connectivity index (χ0v) is 8.99. The Labute approximate surface area is 85.4 Å². The van der Waals surface area contributed by atoms with E-state index in [0.717, 1.165) is 19.5 Å². The van der Waals surface area contributed by atoms with Crippen molar-refractivity contribution in [2.45, 2.75) is 20.3 Å². The third kappa shape index (κ3) is 2.58. The van der Waals surface area contributed by atoms with Gasteiger partial charge in [-0.2, -0.15) is 0 Å². The largest absolute Gasteiger partial charge is 0.481 e. The van der Waals surface area contributed by atoms with E-state index in [1.807, 2.05) is 6.92 Å². The summed E-state index contributed by atoms with van der Waals surface area (Å²) in [5.41, 5.74) is 1.18. The molecule has 1 aliphatic heterocycles. The molecule has 2 atom stereocenters. The molecule has 1 N–H and O–H groups in total. The third-order valence-electron chi connectivity index (χ3n) is 2.95. The number of likely N-dealkylation sites (tertiary alicyclic amines) is 1. The predicted molar refractivity (Wildman–Crippen MR) is 56.2 cm³/mol. The molecule has 0 saturated carbocycles. The van der Waals surface area contributed by atoms with Gasteiger partial charge in [-0.3, -0.25) is 9.69 Å². The van der Waals surface area contributed by atoms with Crippen LogP contribution in [-0.4, -0.2) is 35.6 Å². The van der Waals surface area contributed by atoms with Gasteiger partial charge in [0, 0.05) is 19.6 Å². The molecule has 0 aromatic rings. The fourth-order valence-corrected chi connectivity index (χ4v) is 1.95. The van der Waals surface area contributed by atoms with Crippen LogP contribution < -0.4 is 0 Å². The summed E-state index contributed by atoms with van der Waals surface area (Å²) in [5, 5.41) is 8.94. The first-order valence-electron chi connectivity index (χ1n) is 5.16. The molecule has 0 aliphatic carbocycles. The van der Waals surface area contributed by atoms with Crippen molar-refractivity contribution >= 4 is 5.97 Å². The van der Waals surface area contributed by atoms with Gasteiger partial charge in [-0.1, -0.05) is 26.0 Å². The summed E-state index contributed by atoms with van der Waals surface area (Å²) in [4.78, 5) is 13.1. The van der Waals surface area contributed by atoms with Crippen LogP contribution in [0.5, 0.6) is 0 Å². The molecular weight excluding hydrogens is 178 g/mol. The topological polar surface area (TPSA) is 40.5 Å². The molecule has 1 fully saturated rings. The van der Waals surface area contributed by atoms with Crippen molar-refractivity contribution in [3.05, 3.63) is 12.2 Å². The molecule has 0 aromatic heterocycles. The molecule has 1 aliphatic rings. The van der Waals surface area contributed by atoms with Gasteiger partial charge in [0.15, 0.2) is 0 Å². The number of carboxylic acid groups (broad SMARTS) is 1. The highest BCUT2D eigenvalue weighted by atomic mass is 16.4. The summed E-state index contributed by atoms with van der Waals surface area (Å²) in [5.74, 6) is -0.598. The van der Waals surface area contributed by atoms with E-state index in [4.69, 9.17) is 5.11 Å². The molecule has 80 valence electrons. The zero-order chi connectivity index (χ0) is 10.7. The van der Waals surface area contributed by atoms with E-state index in [2.05, 4.69) is 18.4 Å². The lowest BCUT2D eigenvalue weighted by Crippen LogP contribution is -2.25. The van der Waals surface area contributed by atoms with Gasteiger partial charge >= 0.3 is 5.97 Å². The molecule has 1 heterocycles. The van der Waals surface area contributed by atoms with Crippen LogP contribution >= 0.6 is 0 Å². The highest BCUT2D eigenvalue weighted by molar-refractivity contribution is 5.71. The van der Waals surface area contributed by atoms with E-state index < -0.39 is 5.97 Å². The number of carbonyl (C=O) groups is 1. The molecule has 3 nitrogen and oxygen atoms in total. The van der Waals surface area contributed by atoms with Crippen LogP contribution in [-0.2, 0) is 4.79 Å². The first-order valence-corrected chi connectivity index (χ1v) is 5.16. The van der Waals surface area contributed by atoms with Crippen LogP contribution in [0, 0.1) is 11.8 Å². The lowest BCUT2D eigenvalue weighted by Gasteiger charge is -2.15. The van der Waals surface area contributed by atoms with Crippen molar-refractivity contribution in [3.63, 3.8) is 0 Å².